The van der Waals surface area contributed by atoms with Crippen molar-refractivity contribution in [3.63, 3.8) is 0 Å². The maximum Gasteiger partial charge on any atom is 3.00 e. The van der Waals surface area contributed by atoms with Crippen molar-refractivity contribution in [3.8, 4) is 0 Å². The third-order valence-electron chi connectivity index (χ3n) is 0. The van der Waals surface area contributed by atoms with Gasteiger partial charge in [-0.25, -0.2) is 55.9 Å². The molecule has 0 aromatic rings. The van der Waals surface area contributed by atoms with Gasteiger partial charge in [0.1, 0.15) is 0 Å². The molecule has 0 spiro atoms. The van der Waals surface area contributed by atoms with Crippen molar-refractivity contribution < 1.29 is 92.1 Å². The van der Waals surface area contributed by atoms with Crippen LogP contribution in [0, 0.1) is 30.7 Å². The van der Waals surface area contributed by atoms with Crippen molar-refractivity contribution in [2.45, 2.75) is 0 Å². The van der Waals surface area contributed by atoms with Crippen LogP contribution >= 0.6 is 0 Å². The van der Waals surface area contributed by atoms with Crippen LogP contribution in [-0.2, 0) is 0 Å². The Morgan fingerprint density at radius 3 is 0.353 bits per heavy atom. The summed E-state index contributed by atoms with van der Waals surface area (Å²) >= 11 is 0. The molecule has 0 bridgehead atoms. The Morgan fingerprint density at radius 2 is 0.353 bits per heavy atom. The van der Waals surface area contributed by atoms with Crippen LogP contribution in [-0.4, -0.2) is 22.8 Å². The molecule has 0 aromatic carbocycles. The van der Waals surface area contributed by atoms with E-state index < -0.39 is 30.7 Å². The Labute approximate surface area is 110 Å². The molecular formula is H2AlCl3O13. The SMILES string of the molecule is O.[Al+3].[O-][Cl+3]([O-])([O-])[O-].[O-][Cl+3]([O-])([O-])[O-].[O-][Cl+3]([O-])([O-])[O-]. The molecule has 2 N–H and O–H groups in total. The van der Waals surface area contributed by atoms with Crippen molar-refractivity contribution >= 4 is 17.4 Å². The maximum absolute atomic E-state index is 8.49. The number of hydrogen-bond acceptors (Lipinski definition) is 12. The van der Waals surface area contributed by atoms with Gasteiger partial charge in [-0.1, -0.05) is 0 Å². The Hall–Kier alpha value is 0.882. The summed E-state index contributed by atoms with van der Waals surface area (Å²) in [6.07, 6.45) is 0. The van der Waals surface area contributed by atoms with E-state index in [1.807, 2.05) is 0 Å². The number of halogens is 3. The van der Waals surface area contributed by atoms with E-state index in [0.29, 0.717) is 0 Å². The second kappa shape index (κ2) is 11.9. The summed E-state index contributed by atoms with van der Waals surface area (Å²) in [5.74, 6) is 0. The molecule has 0 unspecified atom stereocenters. The van der Waals surface area contributed by atoms with Crippen LogP contribution in [0.3, 0.4) is 0 Å². The Morgan fingerprint density at radius 1 is 0.353 bits per heavy atom. The fraction of sp³-hybridized carbons (Fsp3) is 0. The fourth-order valence-electron chi connectivity index (χ4n) is 0. The summed E-state index contributed by atoms with van der Waals surface area (Å²) in [6, 6.07) is 0. The summed E-state index contributed by atoms with van der Waals surface area (Å²) in [7, 11) is -14.8. The molecule has 0 fully saturated rings. The molecule has 104 valence electrons. The second-order valence-corrected chi connectivity index (χ2v) is 3.40. The van der Waals surface area contributed by atoms with Crippen LogP contribution in [0.15, 0.2) is 0 Å². The predicted molar refractivity (Wildman–Crippen MR) is 9.37 cm³/mol. The maximum atomic E-state index is 8.49. The first-order valence-electron chi connectivity index (χ1n) is 1.85. The van der Waals surface area contributed by atoms with Gasteiger partial charge in [-0.2, -0.15) is 0 Å². The molecule has 0 rings (SSSR count). The minimum absolute atomic E-state index is 0. The van der Waals surface area contributed by atoms with Crippen LogP contribution < -0.4 is 55.9 Å². The standard InChI is InChI=1S/Al.3ClHO4.H2O/c;3*2-1(3,4)5;/h;3*(H,2,3,4,5);1H2/q+3;;;;/p-3. The Kier molecular flexibility index (Phi) is 21.6. The largest absolute Gasteiger partial charge is 3.00 e. The summed E-state index contributed by atoms with van der Waals surface area (Å²) in [4.78, 5) is 0. The van der Waals surface area contributed by atoms with Crippen molar-refractivity contribution in [3.05, 3.63) is 0 Å². The van der Waals surface area contributed by atoms with Gasteiger partial charge in [0.2, 0.25) is 0 Å². The van der Waals surface area contributed by atoms with Crippen molar-refractivity contribution in [1.29, 1.82) is 0 Å². The minimum Gasteiger partial charge on any atom is -0.412 e. The van der Waals surface area contributed by atoms with E-state index in [9.17, 15) is 0 Å². The first-order chi connectivity index (χ1) is 6.00. The summed E-state index contributed by atoms with van der Waals surface area (Å²) in [5, 5.41) is 0. The monoisotopic (exact) mass is 342 g/mol. The van der Waals surface area contributed by atoms with Crippen LogP contribution in [0.2, 0.25) is 0 Å². The van der Waals surface area contributed by atoms with Crippen LogP contribution in [0.25, 0.3) is 0 Å². The molecule has 0 saturated carbocycles. The van der Waals surface area contributed by atoms with E-state index >= 15 is 0 Å². The van der Waals surface area contributed by atoms with Gasteiger partial charge in [0.05, 0.1) is 0 Å². The normalized spacial score (nSPS) is 10.6. The molecule has 0 radical (unpaired) electrons. The van der Waals surface area contributed by atoms with Gasteiger partial charge >= 0.3 is 17.4 Å². The van der Waals surface area contributed by atoms with Crippen molar-refractivity contribution in [2.24, 2.45) is 0 Å². The molecule has 0 amide bonds. The van der Waals surface area contributed by atoms with Crippen LogP contribution in [0.5, 0.6) is 0 Å². The van der Waals surface area contributed by atoms with Gasteiger partial charge in [-0.05, 0) is 0 Å². The van der Waals surface area contributed by atoms with E-state index in [0.717, 1.165) is 0 Å². The fourth-order valence-corrected chi connectivity index (χ4v) is 0. The zero-order chi connectivity index (χ0) is 13.5. The first kappa shape index (κ1) is 30.7. The number of rotatable bonds is 0. The quantitative estimate of drug-likeness (QED) is 0.370. The average Bonchev–Trinajstić information content (AvgIpc) is 1.41. The summed E-state index contributed by atoms with van der Waals surface area (Å²) < 4.78 is 102. The zero-order valence-corrected chi connectivity index (χ0v) is 10.5. The average molecular weight is 343 g/mol. The molecule has 0 aliphatic carbocycles. The van der Waals surface area contributed by atoms with Crippen LogP contribution in [0.1, 0.15) is 0 Å². The van der Waals surface area contributed by atoms with Crippen molar-refractivity contribution in [2.75, 3.05) is 0 Å². The third-order valence-corrected chi connectivity index (χ3v) is 0. The molecule has 0 aliphatic rings. The van der Waals surface area contributed by atoms with E-state index in [4.69, 9.17) is 55.9 Å². The van der Waals surface area contributed by atoms with E-state index in [-0.39, 0.29) is 22.8 Å². The molecule has 0 aromatic heterocycles. The zero-order valence-electron chi connectivity index (χ0n) is 7.11. The van der Waals surface area contributed by atoms with Gasteiger partial charge in [-0.3, -0.25) is 0 Å². The van der Waals surface area contributed by atoms with E-state index in [1.165, 1.54) is 0 Å². The second-order valence-electron chi connectivity index (χ2n) is 1.13. The van der Waals surface area contributed by atoms with Gasteiger partial charge in [-0.15, -0.1) is 30.7 Å². The smallest absolute Gasteiger partial charge is 0.412 e. The topological polar surface area (TPSA) is 308 Å². The minimum atomic E-state index is -4.94. The first-order valence-corrected chi connectivity index (χ1v) is 5.55. The molecule has 0 aliphatic heterocycles. The molecule has 0 heterocycles. The van der Waals surface area contributed by atoms with Gasteiger partial charge in [0, 0.05) is 0 Å². The molecule has 0 atom stereocenters. The molecule has 17 heteroatoms. The Bertz CT molecular complexity index is 91.7. The molecule has 0 saturated heterocycles. The molecule has 17 heavy (non-hydrogen) atoms. The molecule has 13 nitrogen and oxygen atoms in total. The molecular weight excluding hydrogens is 341 g/mol. The van der Waals surface area contributed by atoms with Gasteiger partial charge in [0.15, 0.2) is 0 Å². The van der Waals surface area contributed by atoms with Gasteiger partial charge in [0.25, 0.3) is 0 Å². The van der Waals surface area contributed by atoms with Crippen LogP contribution in [0.4, 0.5) is 0 Å². The predicted octanol–water partition coefficient (Wildman–Crippen LogP) is -15.5. The van der Waals surface area contributed by atoms with Crippen molar-refractivity contribution in [1.82, 2.24) is 0 Å². The van der Waals surface area contributed by atoms with E-state index in [1.54, 1.807) is 0 Å². The van der Waals surface area contributed by atoms with E-state index in [2.05, 4.69) is 0 Å². The number of hydrogen-bond donors (Lipinski definition) is 0. The summed E-state index contributed by atoms with van der Waals surface area (Å²) in [5.41, 5.74) is 0. The Balaban J connectivity index is -0.0000000400. The third kappa shape index (κ3) is 4800. The summed E-state index contributed by atoms with van der Waals surface area (Å²) in [6.45, 7) is 0. The van der Waals surface area contributed by atoms with Gasteiger partial charge < -0.3 is 5.48 Å².